The topological polar surface area (TPSA) is 99.9 Å². The van der Waals surface area contributed by atoms with Crippen LogP contribution in [0.15, 0.2) is 34.7 Å². The molecule has 1 saturated heterocycles. The Balaban J connectivity index is 1.42. The largest absolute Gasteiger partial charge is 0.459 e. The maximum Gasteiger partial charge on any atom is 0.334 e. The van der Waals surface area contributed by atoms with Gasteiger partial charge in [0, 0.05) is 11.4 Å². The molecule has 2 fully saturated rings. The van der Waals surface area contributed by atoms with Crippen molar-refractivity contribution in [1.29, 1.82) is 0 Å². The highest BCUT2D eigenvalue weighted by Gasteiger charge is 2.49. The molecular formula is C22H25N3O5. The summed E-state index contributed by atoms with van der Waals surface area (Å²) in [5.74, 6) is -1.60. The molecule has 30 heavy (non-hydrogen) atoms. The van der Waals surface area contributed by atoms with E-state index in [0.717, 1.165) is 34.4 Å². The minimum Gasteiger partial charge on any atom is -0.459 e. The summed E-state index contributed by atoms with van der Waals surface area (Å²) in [4.78, 5) is 52.0. The van der Waals surface area contributed by atoms with Crippen molar-refractivity contribution in [3.63, 3.8) is 0 Å². The fourth-order valence-electron chi connectivity index (χ4n) is 4.35. The fraction of sp³-hybridized carbons (Fsp3) is 0.455. The molecule has 0 unspecified atom stereocenters. The molecule has 2 aromatic rings. The van der Waals surface area contributed by atoms with Gasteiger partial charge in [0.2, 0.25) is 5.91 Å². The van der Waals surface area contributed by atoms with E-state index in [1.54, 1.807) is 6.92 Å². The Morgan fingerprint density at radius 3 is 2.63 bits per heavy atom. The van der Waals surface area contributed by atoms with Crippen LogP contribution in [0, 0.1) is 5.92 Å². The number of rotatable bonds is 5. The van der Waals surface area contributed by atoms with Gasteiger partial charge in [-0.25, -0.2) is 9.69 Å². The molecule has 1 N–H and O–H groups in total. The number of furan rings is 1. The standard InChI is InChI=1S/C22H25N3O5/c1-13-7-3-5-9-16(13)25-21(28)20(27)24(22(25)29)12-19(26)23-14(2)18-11-15-8-4-6-10-17(15)30-18/h4,6,8,10-11,13-14,16H,3,5,7,9,12H2,1-2H3,(H,23,26)/t13-,14-,16-/m0/s1. The van der Waals surface area contributed by atoms with E-state index >= 15 is 0 Å². The molecule has 2 aliphatic rings. The molecule has 0 radical (unpaired) electrons. The lowest BCUT2D eigenvalue weighted by Gasteiger charge is -2.34. The number of benzene rings is 1. The molecule has 1 aromatic heterocycles. The van der Waals surface area contributed by atoms with Gasteiger partial charge in [0.05, 0.1) is 6.04 Å². The maximum atomic E-state index is 12.8. The molecule has 0 spiro atoms. The van der Waals surface area contributed by atoms with Crippen LogP contribution < -0.4 is 5.32 Å². The zero-order valence-electron chi connectivity index (χ0n) is 17.1. The predicted octanol–water partition coefficient (Wildman–Crippen LogP) is 2.98. The highest BCUT2D eigenvalue weighted by atomic mass is 16.3. The van der Waals surface area contributed by atoms with E-state index in [9.17, 15) is 19.2 Å². The van der Waals surface area contributed by atoms with Gasteiger partial charge in [0.25, 0.3) is 0 Å². The van der Waals surface area contributed by atoms with Crippen molar-refractivity contribution in [1.82, 2.24) is 15.1 Å². The van der Waals surface area contributed by atoms with Gasteiger partial charge in [-0.3, -0.25) is 19.3 Å². The molecule has 158 valence electrons. The highest BCUT2D eigenvalue weighted by molar-refractivity contribution is 6.45. The SMILES string of the molecule is C[C@H](NC(=O)CN1C(=O)C(=O)N([C@H]2CCCC[C@@H]2C)C1=O)c1cc2ccccc2o1. The van der Waals surface area contributed by atoms with Crippen molar-refractivity contribution in [3.8, 4) is 0 Å². The summed E-state index contributed by atoms with van der Waals surface area (Å²) < 4.78 is 5.74. The van der Waals surface area contributed by atoms with Gasteiger partial charge in [-0.1, -0.05) is 38.0 Å². The Morgan fingerprint density at radius 2 is 1.90 bits per heavy atom. The third-order valence-corrected chi connectivity index (χ3v) is 6.03. The molecule has 0 bridgehead atoms. The number of hydrogen-bond donors (Lipinski definition) is 1. The molecule has 2 heterocycles. The number of nitrogens with zero attached hydrogens (tertiary/aromatic N) is 2. The molecular weight excluding hydrogens is 386 g/mol. The highest BCUT2D eigenvalue weighted by Crippen LogP contribution is 2.31. The van der Waals surface area contributed by atoms with Crippen LogP contribution in [0.3, 0.4) is 0 Å². The Kier molecular flexibility index (Phi) is 5.32. The Morgan fingerprint density at radius 1 is 1.17 bits per heavy atom. The number of urea groups is 1. The number of imide groups is 2. The summed E-state index contributed by atoms with van der Waals surface area (Å²) in [5, 5.41) is 3.65. The van der Waals surface area contributed by atoms with Crippen LogP contribution in [0.1, 0.15) is 51.3 Å². The number of amides is 5. The number of hydrogen-bond acceptors (Lipinski definition) is 5. The lowest BCUT2D eigenvalue weighted by atomic mass is 9.85. The van der Waals surface area contributed by atoms with Crippen LogP contribution in [0.4, 0.5) is 4.79 Å². The van der Waals surface area contributed by atoms with E-state index < -0.39 is 36.3 Å². The molecule has 8 heteroatoms. The van der Waals surface area contributed by atoms with Crippen molar-refractivity contribution < 1.29 is 23.6 Å². The first-order chi connectivity index (χ1) is 14.4. The van der Waals surface area contributed by atoms with E-state index in [1.165, 1.54) is 0 Å². The first-order valence-electron chi connectivity index (χ1n) is 10.3. The van der Waals surface area contributed by atoms with E-state index in [0.29, 0.717) is 17.8 Å². The summed E-state index contributed by atoms with van der Waals surface area (Å²) in [6.45, 7) is 3.25. The number of fused-ring (bicyclic) bond motifs is 1. The molecule has 1 aliphatic heterocycles. The summed E-state index contributed by atoms with van der Waals surface area (Å²) >= 11 is 0. The van der Waals surface area contributed by atoms with Crippen LogP contribution in [-0.4, -0.2) is 46.1 Å². The van der Waals surface area contributed by atoms with Gasteiger partial charge in [-0.2, -0.15) is 0 Å². The molecule has 8 nitrogen and oxygen atoms in total. The predicted molar refractivity (Wildman–Crippen MR) is 108 cm³/mol. The van der Waals surface area contributed by atoms with Crippen molar-refractivity contribution >= 4 is 34.7 Å². The Labute approximate surface area is 174 Å². The zero-order valence-corrected chi connectivity index (χ0v) is 17.1. The van der Waals surface area contributed by atoms with Crippen LogP contribution >= 0.6 is 0 Å². The average molecular weight is 411 g/mol. The van der Waals surface area contributed by atoms with Crippen LogP contribution in [0.25, 0.3) is 11.0 Å². The number of carbonyl (C=O) groups is 4. The molecule has 1 aromatic carbocycles. The lowest BCUT2D eigenvalue weighted by molar-refractivity contribution is -0.145. The maximum absolute atomic E-state index is 12.8. The number of nitrogens with one attached hydrogen (secondary N) is 1. The molecule has 3 atom stereocenters. The van der Waals surface area contributed by atoms with Gasteiger partial charge >= 0.3 is 17.8 Å². The summed E-state index contributed by atoms with van der Waals surface area (Å²) in [5.41, 5.74) is 0.710. The van der Waals surface area contributed by atoms with Crippen LogP contribution in [0.5, 0.6) is 0 Å². The summed E-state index contributed by atoms with van der Waals surface area (Å²) in [6, 6.07) is 7.89. The molecule has 5 amide bonds. The average Bonchev–Trinajstić information content (AvgIpc) is 3.24. The van der Waals surface area contributed by atoms with Gasteiger partial charge in [0.1, 0.15) is 17.9 Å². The normalized spacial score (nSPS) is 23.3. The second kappa shape index (κ2) is 7.93. The third-order valence-electron chi connectivity index (χ3n) is 6.03. The molecule has 1 aliphatic carbocycles. The zero-order chi connectivity index (χ0) is 21.4. The van der Waals surface area contributed by atoms with Gasteiger partial charge in [-0.05, 0) is 37.8 Å². The first kappa shape index (κ1) is 20.1. The lowest BCUT2D eigenvalue weighted by Crippen LogP contribution is -2.47. The van der Waals surface area contributed by atoms with E-state index in [1.807, 2.05) is 37.3 Å². The van der Waals surface area contributed by atoms with Gasteiger partial charge < -0.3 is 9.73 Å². The van der Waals surface area contributed by atoms with Crippen molar-refractivity contribution in [3.05, 3.63) is 36.1 Å². The second-order valence-electron chi connectivity index (χ2n) is 8.15. The van der Waals surface area contributed by atoms with Crippen LogP contribution in [0.2, 0.25) is 0 Å². The number of carbonyl (C=O) groups excluding carboxylic acids is 4. The quantitative estimate of drug-likeness (QED) is 0.602. The first-order valence-corrected chi connectivity index (χ1v) is 10.3. The second-order valence-corrected chi connectivity index (χ2v) is 8.15. The van der Waals surface area contributed by atoms with Crippen molar-refractivity contribution in [2.45, 2.75) is 51.6 Å². The van der Waals surface area contributed by atoms with Crippen LogP contribution in [-0.2, 0) is 14.4 Å². The minimum atomic E-state index is -0.940. The monoisotopic (exact) mass is 411 g/mol. The molecule has 1 saturated carbocycles. The third kappa shape index (κ3) is 3.58. The Bertz CT molecular complexity index is 980. The van der Waals surface area contributed by atoms with E-state index in [4.69, 9.17) is 4.42 Å². The minimum absolute atomic E-state index is 0.140. The van der Waals surface area contributed by atoms with Gasteiger partial charge in [0.15, 0.2) is 0 Å². The van der Waals surface area contributed by atoms with Crippen molar-refractivity contribution in [2.24, 2.45) is 5.92 Å². The smallest absolute Gasteiger partial charge is 0.334 e. The fourth-order valence-corrected chi connectivity index (χ4v) is 4.35. The number of para-hydroxylation sites is 1. The van der Waals surface area contributed by atoms with Crippen molar-refractivity contribution in [2.75, 3.05) is 6.54 Å². The summed E-state index contributed by atoms with van der Waals surface area (Å²) in [6.07, 6.45) is 3.56. The Hall–Kier alpha value is -3.16. The molecule has 4 rings (SSSR count). The summed E-state index contributed by atoms with van der Waals surface area (Å²) in [7, 11) is 0. The van der Waals surface area contributed by atoms with E-state index in [-0.39, 0.29) is 12.0 Å². The van der Waals surface area contributed by atoms with Gasteiger partial charge in [-0.15, -0.1) is 0 Å². The van der Waals surface area contributed by atoms with E-state index in [2.05, 4.69) is 5.32 Å².